The van der Waals surface area contributed by atoms with Crippen molar-refractivity contribution in [3.63, 3.8) is 0 Å². The Morgan fingerprint density at radius 3 is 1.36 bits per heavy atom. The number of allylic oxidation sites excluding steroid dienone is 2. The zero-order chi connectivity index (χ0) is 9.86. The van der Waals surface area contributed by atoms with Gasteiger partial charge in [0.25, 0.3) is 0 Å². The lowest BCUT2D eigenvalue weighted by atomic mass is 10.2. The summed E-state index contributed by atoms with van der Waals surface area (Å²) in [4.78, 5) is 0. The van der Waals surface area contributed by atoms with Gasteiger partial charge in [0.1, 0.15) is 0 Å². The second kappa shape index (κ2) is 16.1. The van der Waals surface area contributed by atoms with Crippen molar-refractivity contribution >= 4 is 0 Å². The first kappa shape index (κ1) is 16.7. The van der Waals surface area contributed by atoms with Crippen molar-refractivity contribution in [2.45, 2.75) is 41.5 Å². The Hall–Kier alpha value is -0.720. The highest BCUT2D eigenvalue weighted by molar-refractivity contribution is 5.22. The summed E-state index contributed by atoms with van der Waals surface area (Å²) in [5.41, 5.74) is 7.24. The fraction of sp³-hybridized carbons (Fsp3) is 0.600. The summed E-state index contributed by atoms with van der Waals surface area (Å²) in [5, 5.41) is 0. The summed E-state index contributed by atoms with van der Waals surface area (Å²) in [7, 11) is 0. The van der Waals surface area contributed by atoms with Crippen LogP contribution in [0.25, 0.3) is 0 Å². The molecule has 0 aromatic carbocycles. The molecule has 11 heavy (non-hydrogen) atoms. The first-order chi connectivity index (χ1) is 5.18. The summed E-state index contributed by atoms with van der Waals surface area (Å²) >= 11 is 0. The molecule has 0 spiro atoms. The van der Waals surface area contributed by atoms with Crippen LogP contribution in [0.3, 0.4) is 0 Å². The van der Waals surface area contributed by atoms with Crippen LogP contribution in [0.4, 0.5) is 0 Å². The lowest BCUT2D eigenvalue weighted by Crippen LogP contribution is -1.83. The van der Waals surface area contributed by atoms with E-state index in [4.69, 9.17) is 5.73 Å². The lowest BCUT2D eigenvalue weighted by Gasteiger charge is -1.91. The van der Waals surface area contributed by atoms with Crippen molar-refractivity contribution in [3.8, 4) is 0 Å². The minimum atomic E-state index is 1.03. The second-order valence-electron chi connectivity index (χ2n) is 1.63. The van der Waals surface area contributed by atoms with Gasteiger partial charge >= 0.3 is 0 Å². The van der Waals surface area contributed by atoms with Gasteiger partial charge in [0.15, 0.2) is 0 Å². The normalized spacial score (nSPS) is 8.36. The molecule has 0 atom stereocenters. The standard InChI is InChI=1S/C6H11N.2C2H6/c1-5(2)6(3)4-7;2*1-2/h4H,1,7H2,2-3H3;2*1-2H3/b6-4-;;. The molecule has 0 aromatic rings. The van der Waals surface area contributed by atoms with E-state index in [-0.39, 0.29) is 0 Å². The van der Waals surface area contributed by atoms with E-state index < -0.39 is 0 Å². The van der Waals surface area contributed by atoms with Gasteiger partial charge in [-0.05, 0) is 25.6 Å². The molecule has 0 unspecified atom stereocenters. The van der Waals surface area contributed by atoms with Crippen molar-refractivity contribution in [2.75, 3.05) is 0 Å². The van der Waals surface area contributed by atoms with Crippen LogP contribution in [0.15, 0.2) is 23.9 Å². The summed E-state index contributed by atoms with van der Waals surface area (Å²) in [6.45, 7) is 15.5. The van der Waals surface area contributed by atoms with Gasteiger partial charge in [0, 0.05) is 0 Å². The molecule has 0 rings (SSSR count). The molecule has 0 aliphatic carbocycles. The van der Waals surface area contributed by atoms with Crippen molar-refractivity contribution in [3.05, 3.63) is 23.9 Å². The van der Waals surface area contributed by atoms with Gasteiger partial charge in [-0.3, -0.25) is 0 Å². The minimum absolute atomic E-state index is 1.03. The molecule has 0 aliphatic rings. The molecule has 1 heteroatoms. The van der Waals surface area contributed by atoms with Crippen LogP contribution in [0.5, 0.6) is 0 Å². The Kier molecular flexibility index (Phi) is 24.5. The highest BCUT2D eigenvalue weighted by atomic mass is 14.5. The maximum absolute atomic E-state index is 5.15. The highest BCUT2D eigenvalue weighted by Gasteiger charge is 1.82. The molecule has 0 amide bonds. The fourth-order valence-electron chi connectivity index (χ4n) is 0.142. The second-order valence-corrected chi connectivity index (χ2v) is 1.63. The number of nitrogens with two attached hydrogens (primary N) is 1. The van der Waals surface area contributed by atoms with E-state index in [1.807, 2.05) is 41.5 Å². The molecule has 0 fully saturated rings. The highest BCUT2D eigenvalue weighted by Crippen LogP contribution is 2.00. The quantitative estimate of drug-likeness (QED) is 0.579. The summed E-state index contributed by atoms with van der Waals surface area (Å²) in [6, 6.07) is 0. The molecule has 0 saturated carbocycles. The average Bonchev–Trinajstić information content (AvgIpc) is 2.10. The third kappa shape index (κ3) is 17.6. The maximum Gasteiger partial charge on any atom is -0.00301 e. The molecule has 0 aromatic heterocycles. The third-order valence-corrected chi connectivity index (χ3v) is 0.923. The fourth-order valence-corrected chi connectivity index (χ4v) is 0.142. The molecule has 0 saturated heterocycles. The molecule has 68 valence electrons. The van der Waals surface area contributed by atoms with Crippen LogP contribution >= 0.6 is 0 Å². The maximum atomic E-state index is 5.15. The first-order valence-electron chi connectivity index (χ1n) is 4.23. The van der Waals surface area contributed by atoms with Crippen LogP contribution in [0, 0.1) is 0 Å². The van der Waals surface area contributed by atoms with Gasteiger partial charge in [-0.25, -0.2) is 0 Å². The summed E-state index contributed by atoms with van der Waals surface area (Å²) in [5.74, 6) is 0. The van der Waals surface area contributed by atoms with E-state index >= 15 is 0 Å². The molecule has 0 heterocycles. The summed E-state index contributed by atoms with van der Waals surface area (Å²) in [6.07, 6.45) is 1.56. The Morgan fingerprint density at radius 2 is 1.36 bits per heavy atom. The van der Waals surface area contributed by atoms with Crippen molar-refractivity contribution < 1.29 is 0 Å². The molecule has 0 radical (unpaired) electrons. The van der Waals surface area contributed by atoms with E-state index in [9.17, 15) is 0 Å². The van der Waals surface area contributed by atoms with E-state index in [1.54, 1.807) is 6.20 Å². The van der Waals surface area contributed by atoms with Crippen LogP contribution in [-0.2, 0) is 0 Å². The monoisotopic (exact) mass is 157 g/mol. The van der Waals surface area contributed by atoms with Crippen molar-refractivity contribution in [1.29, 1.82) is 0 Å². The molecule has 2 N–H and O–H groups in total. The van der Waals surface area contributed by atoms with Gasteiger partial charge in [-0.15, -0.1) is 0 Å². The molecular formula is C10H23N. The SMILES string of the molecule is C=C(C)/C(C)=C\N.CC.CC. The van der Waals surface area contributed by atoms with Crippen LogP contribution in [0.1, 0.15) is 41.5 Å². The van der Waals surface area contributed by atoms with Gasteiger partial charge < -0.3 is 5.73 Å². The molecule has 0 aliphatic heterocycles. The Bertz CT molecular complexity index is 101. The van der Waals surface area contributed by atoms with Crippen LogP contribution in [0.2, 0.25) is 0 Å². The Morgan fingerprint density at radius 1 is 1.09 bits per heavy atom. The minimum Gasteiger partial charge on any atom is -0.404 e. The Balaban J connectivity index is -0.000000138. The largest absolute Gasteiger partial charge is 0.404 e. The van der Waals surface area contributed by atoms with E-state index in [0.29, 0.717) is 0 Å². The van der Waals surface area contributed by atoms with Gasteiger partial charge in [0.05, 0.1) is 0 Å². The topological polar surface area (TPSA) is 26.0 Å². The molecule has 1 nitrogen and oxygen atoms in total. The van der Waals surface area contributed by atoms with E-state index in [0.717, 1.165) is 11.1 Å². The predicted octanol–water partition coefficient (Wildman–Crippen LogP) is 3.48. The van der Waals surface area contributed by atoms with E-state index in [2.05, 4.69) is 6.58 Å². The van der Waals surface area contributed by atoms with Crippen LogP contribution in [-0.4, -0.2) is 0 Å². The Labute approximate surface area is 72.0 Å². The zero-order valence-electron chi connectivity index (χ0n) is 8.86. The molecule has 0 bridgehead atoms. The first-order valence-corrected chi connectivity index (χ1v) is 4.23. The third-order valence-electron chi connectivity index (χ3n) is 0.923. The van der Waals surface area contributed by atoms with Gasteiger partial charge in [-0.2, -0.15) is 0 Å². The average molecular weight is 157 g/mol. The van der Waals surface area contributed by atoms with Gasteiger partial charge in [0.2, 0.25) is 0 Å². The molecular weight excluding hydrogens is 134 g/mol. The smallest absolute Gasteiger partial charge is 0.00301 e. The lowest BCUT2D eigenvalue weighted by molar-refractivity contribution is 1.32. The number of rotatable bonds is 1. The zero-order valence-corrected chi connectivity index (χ0v) is 8.86. The van der Waals surface area contributed by atoms with E-state index in [1.165, 1.54) is 0 Å². The van der Waals surface area contributed by atoms with Crippen molar-refractivity contribution in [1.82, 2.24) is 0 Å². The van der Waals surface area contributed by atoms with Crippen LogP contribution < -0.4 is 5.73 Å². The number of hydrogen-bond acceptors (Lipinski definition) is 1. The number of hydrogen-bond donors (Lipinski definition) is 1. The van der Waals surface area contributed by atoms with Crippen molar-refractivity contribution in [2.24, 2.45) is 5.73 Å². The predicted molar refractivity (Wildman–Crippen MR) is 55.5 cm³/mol. The summed E-state index contributed by atoms with van der Waals surface area (Å²) < 4.78 is 0. The van der Waals surface area contributed by atoms with Gasteiger partial charge in [-0.1, -0.05) is 39.8 Å².